The van der Waals surface area contributed by atoms with Crippen molar-refractivity contribution in [3.63, 3.8) is 0 Å². The summed E-state index contributed by atoms with van der Waals surface area (Å²) < 4.78 is 2.03. The second-order valence-corrected chi connectivity index (χ2v) is 7.65. The zero-order valence-electron chi connectivity index (χ0n) is 14.5. The van der Waals surface area contributed by atoms with Gasteiger partial charge in [0.05, 0.1) is 6.33 Å². The predicted octanol–water partition coefficient (Wildman–Crippen LogP) is 4.93. The molecule has 1 aromatic carbocycles. The van der Waals surface area contributed by atoms with Crippen LogP contribution in [0.4, 0.5) is 0 Å². The minimum atomic E-state index is 0.224. The lowest BCUT2D eigenvalue weighted by Gasteiger charge is -2.06. The number of nitrogens with one attached hydrogen (secondary N) is 2. The number of benzene rings is 1. The van der Waals surface area contributed by atoms with Gasteiger partial charge in [-0.3, -0.25) is 5.41 Å². The Morgan fingerprint density at radius 3 is 2.84 bits per heavy atom. The maximum Gasteiger partial charge on any atom is 0.173 e. The number of aryl methyl sites for hydroxylation is 2. The molecule has 0 spiro atoms. The van der Waals surface area contributed by atoms with E-state index in [4.69, 9.17) is 22.0 Å². The molecule has 0 amide bonds. The fourth-order valence-electron chi connectivity index (χ4n) is 2.76. The summed E-state index contributed by atoms with van der Waals surface area (Å²) in [6.45, 7) is 5.09. The van der Waals surface area contributed by atoms with Crippen molar-refractivity contribution in [2.75, 3.05) is 0 Å². The number of nitrogens with zero attached hydrogens (tertiary/aromatic N) is 3. The van der Waals surface area contributed by atoms with Crippen LogP contribution in [0, 0.1) is 12.3 Å². The van der Waals surface area contributed by atoms with Crippen LogP contribution in [-0.2, 0) is 6.54 Å². The van der Waals surface area contributed by atoms with E-state index in [1.807, 2.05) is 23.6 Å². The van der Waals surface area contributed by atoms with Crippen molar-refractivity contribution in [2.24, 2.45) is 0 Å². The summed E-state index contributed by atoms with van der Waals surface area (Å²) in [5.41, 5.74) is 2.80. The van der Waals surface area contributed by atoms with Crippen molar-refractivity contribution < 1.29 is 0 Å². The van der Waals surface area contributed by atoms with Crippen LogP contribution < -0.4 is 5.49 Å². The van der Waals surface area contributed by atoms with Crippen LogP contribution in [0.3, 0.4) is 0 Å². The number of H-pyrrole nitrogens is 1. The Bertz CT molecular complexity index is 911. The monoisotopic (exact) mass is 375 g/mol. The van der Waals surface area contributed by atoms with Gasteiger partial charge in [-0.25, -0.2) is 9.97 Å². The predicted molar refractivity (Wildman–Crippen MR) is 102 cm³/mol. The Kier molecular flexibility index (Phi) is 5.81. The molecule has 0 saturated heterocycles. The average Bonchev–Trinajstić information content (AvgIpc) is 2.97. The Labute approximate surface area is 156 Å². The zero-order valence-corrected chi connectivity index (χ0v) is 16.0. The van der Waals surface area contributed by atoms with Crippen LogP contribution in [0.2, 0.25) is 5.02 Å². The average molecular weight is 376 g/mol. The molecular weight excluding hydrogens is 354 g/mol. The van der Waals surface area contributed by atoms with Gasteiger partial charge in [0.15, 0.2) is 16.3 Å². The highest BCUT2D eigenvalue weighted by molar-refractivity contribution is 7.99. The molecule has 0 atom stereocenters. The number of imidazole rings is 1. The topological polar surface area (TPSA) is 70.3 Å². The maximum absolute atomic E-state index is 8.04. The molecule has 25 heavy (non-hydrogen) atoms. The van der Waals surface area contributed by atoms with Gasteiger partial charge in [-0.1, -0.05) is 49.5 Å². The summed E-state index contributed by atoms with van der Waals surface area (Å²) in [5, 5.41) is 9.50. The lowest BCUT2D eigenvalue weighted by Crippen LogP contribution is -2.12. The van der Waals surface area contributed by atoms with Crippen molar-refractivity contribution in [1.82, 2.24) is 19.5 Å². The van der Waals surface area contributed by atoms with E-state index in [9.17, 15) is 0 Å². The van der Waals surface area contributed by atoms with Crippen LogP contribution in [-0.4, -0.2) is 19.5 Å². The van der Waals surface area contributed by atoms with Gasteiger partial charge in [-0.05, 0) is 37.1 Å². The van der Waals surface area contributed by atoms with Crippen molar-refractivity contribution in [3.05, 3.63) is 40.6 Å². The highest BCUT2D eigenvalue weighted by atomic mass is 35.5. The van der Waals surface area contributed by atoms with E-state index < -0.39 is 0 Å². The molecule has 0 saturated carbocycles. The molecule has 0 fully saturated rings. The molecule has 0 aliphatic rings. The number of fused-ring (bicyclic) bond motifs is 1. The smallest absolute Gasteiger partial charge is 0.173 e. The van der Waals surface area contributed by atoms with Crippen LogP contribution >= 0.6 is 23.4 Å². The summed E-state index contributed by atoms with van der Waals surface area (Å²) in [5.74, 6) is 0. The van der Waals surface area contributed by atoms with Crippen LogP contribution in [0.1, 0.15) is 38.2 Å². The molecule has 132 valence electrons. The summed E-state index contributed by atoms with van der Waals surface area (Å²) in [6, 6.07) is 5.92. The van der Waals surface area contributed by atoms with E-state index in [1.165, 1.54) is 31.0 Å². The first kappa shape index (κ1) is 18.0. The second-order valence-electron chi connectivity index (χ2n) is 6.15. The molecule has 2 heterocycles. The molecule has 0 aliphatic carbocycles. The van der Waals surface area contributed by atoms with E-state index in [0.29, 0.717) is 10.5 Å². The van der Waals surface area contributed by atoms with Gasteiger partial charge in [0.25, 0.3) is 0 Å². The highest BCUT2D eigenvalue weighted by Crippen LogP contribution is 2.29. The number of aromatic amines is 1. The van der Waals surface area contributed by atoms with E-state index >= 15 is 0 Å². The maximum atomic E-state index is 8.04. The first-order chi connectivity index (χ1) is 12.1. The zero-order chi connectivity index (χ0) is 17.8. The number of hydrogen-bond acceptors (Lipinski definition) is 4. The third-order valence-electron chi connectivity index (χ3n) is 3.98. The SMILES string of the molecule is CCCCCCn1cnc(=N)c2[nH]c(Sc3cc(C)cc(Cl)c3)nc21. The Balaban J connectivity index is 1.87. The fraction of sp³-hybridized carbons (Fsp3) is 0.389. The molecule has 3 aromatic rings. The van der Waals surface area contributed by atoms with E-state index in [0.717, 1.165) is 34.2 Å². The summed E-state index contributed by atoms with van der Waals surface area (Å²) in [7, 11) is 0. The molecule has 2 aromatic heterocycles. The van der Waals surface area contributed by atoms with E-state index in [2.05, 4.69) is 23.0 Å². The van der Waals surface area contributed by atoms with Gasteiger partial charge >= 0.3 is 0 Å². The molecule has 0 radical (unpaired) electrons. The molecule has 2 N–H and O–H groups in total. The number of unbranched alkanes of at least 4 members (excludes halogenated alkanes) is 3. The lowest BCUT2D eigenvalue weighted by atomic mass is 10.2. The lowest BCUT2D eigenvalue weighted by molar-refractivity contribution is 0.583. The van der Waals surface area contributed by atoms with Gasteiger partial charge in [0.2, 0.25) is 0 Å². The van der Waals surface area contributed by atoms with Crippen LogP contribution in [0.25, 0.3) is 11.2 Å². The molecule has 5 nitrogen and oxygen atoms in total. The van der Waals surface area contributed by atoms with Gasteiger partial charge in [0, 0.05) is 16.5 Å². The van der Waals surface area contributed by atoms with Gasteiger partial charge < -0.3 is 9.55 Å². The molecule has 0 unspecified atom stereocenters. The minimum absolute atomic E-state index is 0.224. The minimum Gasteiger partial charge on any atom is -0.328 e. The molecule has 0 aliphatic heterocycles. The summed E-state index contributed by atoms with van der Waals surface area (Å²) in [4.78, 5) is 13.1. The van der Waals surface area contributed by atoms with Crippen LogP contribution in [0.5, 0.6) is 0 Å². The largest absolute Gasteiger partial charge is 0.328 e. The van der Waals surface area contributed by atoms with E-state index in [-0.39, 0.29) is 5.49 Å². The fourth-order valence-corrected chi connectivity index (χ4v) is 4.05. The van der Waals surface area contributed by atoms with Crippen LogP contribution in [0.15, 0.2) is 34.6 Å². The third kappa shape index (κ3) is 4.44. The second kappa shape index (κ2) is 8.06. The number of aromatic nitrogens is 4. The first-order valence-corrected chi connectivity index (χ1v) is 9.71. The molecule has 7 heteroatoms. The Hall–Kier alpha value is -1.79. The standard InChI is InChI=1S/C18H22ClN5S/c1-3-4-5-6-7-24-11-21-16(20)15-17(24)23-18(22-15)25-14-9-12(2)8-13(19)10-14/h8-11,20H,3-7H2,1-2H3,(H,22,23). The summed E-state index contributed by atoms with van der Waals surface area (Å²) >= 11 is 7.66. The van der Waals surface area contributed by atoms with Gasteiger partial charge in [-0.2, -0.15) is 0 Å². The quantitative estimate of drug-likeness (QED) is 0.575. The molecular formula is C18H22ClN5S. The third-order valence-corrected chi connectivity index (χ3v) is 5.06. The molecule has 0 bridgehead atoms. The number of rotatable bonds is 7. The number of hydrogen-bond donors (Lipinski definition) is 2. The van der Waals surface area contributed by atoms with Crippen molar-refractivity contribution in [2.45, 2.75) is 56.1 Å². The normalized spacial score (nSPS) is 11.3. The van der Waals surface area contributed by atoms with Crippen molar-refractivity contribution in [1.29, 1.82) is 5.41 Å². The van der Waals surface area contributed by atoms with Crippen molar-refractivity contribution in [3.8, 4) is 0 Å². The Morgan fingerprint density at radius 2 is 2.08 bits per heavy atom. The number of halogens is 1. The first-order valence-electron chi connectivity index (χ1n) is 8.51. The van der Waals surface area contributed by atoms with Crippen molar-refractivity contribution >= 4 is 34.5 Å². The van der Waals surface area contributed by atoms with Gasteiger partial charge in [0.1, 0.15) is 5.52 Å². The van der Waals surface area contributed by atoms with E-state index in [1.54, 1.807) is 6.33 Å². The molecule has 3 rings (SSSR count). The Morgan fingerprint density at radius 1 is 1.24 bits per heavy atom. The highest BCUT2D eigenvalue weighted by Gasteiger charge is 2.10. The summed E-state index contributed by atoms with van der Waals surface area (Å²) in [6.07, 6.45) is 6.46. The van der Waals surface area contributed by atoms with Gasteiger partial charge in [-0.15, -0.1) is 0 Å².